The number of benzene rings is 9. The summed E-state index contributed by atoms with van der Waals surface area (Å²) in [5.41, 5.74) is 21.3. The predicted octanol–water partition coefficient (Wildman–Crippen LogP) is 22.0. The molecule has 514 valence electrons. The van der Waals surface area contributed by atoms with Gasteiger partial charge in [0.25, 0.3) is 0 Å². The summed E-state index contributed by atoms with van der Waals surface area (Å²) in [5.74, 6) is 1.62. The zero-order valence-corrected chi connectivity index (χ0v) is 63.1. The Bertz CT molecular complexity index is 4170. The van der Waals surface area contributed by atoms with Crippen molar-refractivity contribution in [2.45, 2.75) is 174 Å². The lowest BCUT2D eigenvalue weighted by Crippen LogP contribution is -2.33. The number of nitrogens with zero attached hydrogens (tertiary/aromatic N) is 2. The van der Waals surface area contributed by atoms with Crippen LogP contribution in [-0.4, -0.2) is 26.4 Å². The van der Waals surface area contributed by atoms with Gasteiger partial charge >= 0.3 is 0 Å². The van der Waals surface area contributed by atoms with Gasteiger partial charge in [-0.2, -0.15) is 4.57 Å². The van der Waals surface area contributed by atoms with E-state index in [1.807, 2.05) is 12.1 Å². The van der Waals surface area contributed by atoms with E-state index >= 15 is 0 Å². The maximum absolute atomic E-state index is 6.32. The summed E-state index contributed by atoms with van der Waals surface area (Å²) in [4.78, 5) is 0. The molecule has 0 aliphatic carbocycles. The van der Waals surface area contributed by atoms with E-state index < -0.39 is 10.8 Å². The summed E-state index contributed by atoms with van der Waals surface area (Å²) in [6, 6.07) is 91.2. The van der Waals surface area contributed by atoms with E-state index in [2.05, 4.69) is 389 Å². The highest BCUT2D eigenvalue weighted by atomic mass is 16.5. The lowest BCUT2D eigenvalue weighted by Gasteiger charge is -2.38. The summed E-state index contributed by atoms with van der Waals surface area (Å²) < 4.78 is 22.9. The molecule has 5 heteroatoms. The molecule has 0 fully saturated rings. The number of ether oxygens (including phenoxy) is 3. The van der Waals surface area contributed by atoms with Crippen molar-refractivity contribution in [3.05, 3.63) is 351 Å². The smallest absolute Gasteiger partial charge is 0.210 e. The van der Waals surface area contributed by atoms with Crippen LogP contribution in [0.15, 0.2) is 267 Å². The third kappa shape index (κ3) is 16.0. The average Bonchev–Trinajstić information content (AvgIpc) is 0.734. The minimum Gasteiger partial charge on any atom is -0.491 e. The van der Waals surface area contributed by atoms with E-state index in [9.17, 15) is 0 Å². The zero-order chi connectivity index (χ0) is 71.5. The fourth-order valence-corrected chi connectivity index (χ4v) is 14.0. The second-order valence-electron chi connectivity index (χ2n) is 33.7. The lowest BCUT2D eigenvalue weighted by molar-refractivity contribution is -0.688. The topological polar surface area (TPSA) is 35.5 Å². The van der Waals surface area contributed by atoms with Crippen molar-refractivity contribution in [1.82, 2.24) is 0 Å². The van der Waals surface area contributed by atoms with E-state index in [-0.39, 0.29) is 32.5 Å². The first-order valence-corrected chi connectivity index (χ1v) is 36.1. The Labute approximate surface area is 600 Å². The summed E-state index contributed by atoms with van der Waals surface area (Å²) in [6.45, 7) is 43.6. The van der Waals surface area contributed by atoms with Gasteiger partial charge in [0.15, 0.2) is 31.3 Å². The molecule has 11 aromatic rings. The highest BCUT2D eigenvalue weighted by molar-refractivity contribution is 5.64. The van der Waals surface area contributed by atoms with E-state index in [0.29, 0.717) is 26.4 Å². The van der Waals surface area contributed by atoms with Crippen LogP contribution < -0.4 is 18.6 Å². The molecule has 5 nitrogen and oxygen atoms in total. The molecule has 11 rings (SSSR count). The van der Waals surface area contributed by atoms with Gasteiger partial charge in [0.2, 0.25) is 5.69 Å². The molecular formula is C95H108N2O3+2. The van der Waals surface area contributed by atoms with Gasteiger partial charge in [-0.3, -0.25) is 0 Å². The molecule has 0 saturated carbocycles. The van der Waals surface area contributed by atoms with E-state index in [1.54, 1.807) is 0 Å². The molecule has 100 heavy (non-hydrogen) atoms. The third-order valence-electron chi connectivity index (χ3n) is 20.3. The van der Waals surface area contributed by atoms with Crippen LogP contribution >= 0.6 is 0 Å². The molecular weight excluding hydrogens is 1220 g/mol. The Morgan fingerprint density at radius 2 is 0.450 bits per heavy atom. The molecule has 2 aromatic heterocycles. The van der Waals surface area contributed by atoms with Crippen LogP contribution in [0.3, 0.4) is 0 Å². The van der Waals surface area contributed by atoms with E-state index in [4.69, 9.17) is 14.2 Å². The van der Waals surface area contributed by atoms with Crippen LogP contribution in [0.25, 0.3) is 16.8 Å². The second-order valence-corrected chi connectivity index (χ2v) is 33.7. The van der Waals surface area contributed by atoms with Crippen molar-refractivity contribution in [3.63, 3.8) is 0 Å². The highest BCUT2D eigenvalue weighted by Crippen LogP contribution is 2.49. The van der Waals surface area contributed by atoms with Gasteiger partial charge in [0.1, 0.15) is 24.7 Å². The van der Waals surface area contributed by atoms with Crippen LogP contribution in [-0.2, 0) is 54.6 Å². The SMILES string of the molecule is CC(C)(C)c1ccc(C(c2ccc(OCCOCCOc3ccc(C[n+]4ccc(-c5cc[n+](-c6ccc(C(c7ccc(C(C)(C)C)cc7)(c7ccc(C(C)(C)C)cc7)c7ccc(C(C)(C)C)cc7)cc6)cc5)cc4)cc3)cc2)(c2ccc(C(C)(C)C)cc2)c2ccc(C(C)(C)C)cc2)cc1. The van der Waals surface area contributed by atoms with Crippen molar-refractivity contribution in [3.8, 4) is 28.3 Å². The molecule has 9 aromatic carbocycles. The lowest BCUT2D eigenvalue weighted by atomic mass is 9.64. The molecule has 2 heterocycles. The standard InChI is InChI=1S/C95H108N2O3/c1-88(2,3)71-21-33-77(34-22-71)94(78-35-23-72(24-36-78)89(4,5)6,79-37-25-73(26-38-79)90(7,8)9)83-45-49-85(50-46-83)97-61-57-70(58-62-97)69-55-59-96(60-56-69)67-68-19-51-86(52-20-68)99-65-63-98-64-66-100-87-53-47-84(48-54-87)95(80-39-27-74(28-40-80)91(10,11)12,81-41-29-75(30-42-81)92(13,14)15)82-43-31-76(32-44-82)93(16,17)18/h19-62H,63-67H2,1-18H3/q+2. The van der Waals surface area contributed by atoms with Crippen molar-refractivity contribution in [1.29, 1.82) is 0 Å². The van der Waals surface area contributed by atoms with Crippen molar-refractivity contribution < 1.29 is 23.3 Å². The molecule has 0 unspecified atom stereocenters. The van der Waals surface area contributed by atoms with Crippen LogP contribution in [0, 0.1) is 0 Å². The van der Waals surface area contributed by atoms with E-state index in [1.165, 1.54) is 83.5 Å². The van der Waals surface area contributed by atoms with Crippen molar-refractivity contribution in [2.75, 3.05) is 26.4 Å². The predicted molar refractivity (Wildman–Crippen MR) is 416 cm³/mol. The number of hydrogen-bond donors (Lipinski definition) is 0. The quantitative estimate of drug-likeness (QED) is 0.0433. The average molecular weight is 1330 g/mol. The van der Waals surface area contributed by atoms with Gasteiger partial charge in [-0.1, -0.05) is 294 Å². The largest absolute Gasteiger partial charge is 0.491 e. The first-order valence-electron chi connectivity index (χ1n) is 36.1. The Balaban J connectivity index is 0.705. The Kier molecular flexibility index (Phi) is 20.8. The Morgan fingerprint density at radius 3 is 0.710 bits per heavy atom. The second kappa shape index (κ2) is 28.8. The summed E-state index contributed by atoms with van der Waals surface area (Å²) in [6.07, 6.45) is 8.66. The van der Waals surface area contributed by atoms with Crippen LogP contribution in [0.1, 0.15) is 208 Å². The highest BCUT2D eigenvalue weighted by Gasteiger charge is 2.41. The van der Waals surface area contributed by atoms with Gasteiger partial charge < -0.3 is 14.2 Å². The molecule has 0 bridgehead atoms. The molecule has 0 N–H and O–H groups in total. The van der Waals surface area contributed by atoms with Gasteiger partial charge in [-0.15, -0.1) is 0 Å². The normalized spacial score (nSPS) is 12.7. The van der Waals surface area contributed by atoms with Crippen molar-refractivity contribution in [2.24, 2.45) is 0 Å². The van der Waals surface area contributed by atoms with Crippen LogP contribution in [0.4, 0.5) is 0 Å². The molecule has 0 aliphatic rings. The molecule has 0 amide bonds. The first kappa shape index (κ1) is 72.1. The van der Waals surface area contributed by atoms with Crippen LogP contribution in [0.5, 0.6) is 11.5 Å². The monoisotopic (exact) mass is 1320 g/mol. The minimum atomic E-state index is -0.591. The van der Waals surface area contributed by atoms with Gasteiger partial charge in [-0.05, 0) is 158 Å². The fourth-order valence-electron chi connectivity index (χ4n) is 14.0. The number of hydrogen-bond acceptors (Lipinski definition) is 3. The number of rotatable bonds is 20. The number of aromatic nitrogens is 2. The first-order chi connectivity index (χ1) is 47.3. The van der Waals surface area contributed by atoms with E-state index in [0.717, 1.165) is 34.9 Å². The van der Waals surface area contributed by atoms with Crippen LogP contribution in [0.2, 0.25) is 0 Å². The zero-order valence-electron chi connectivity index (χ0n) is 63.1. The number of pyridine rings is 2. The maximum Gasteiger partial charge on any atom is 0.210 e. The molecule has 0 saturated heterocycles. The molecule has 0 atom stereocenters. The van der Waals surface area contributed by atoms with Gasteiger partial charge in [-0.25, -0.2) is 4.57 Å². The molecule has 0 radical (unpaired) electrons. The van der Waals surface area contributed by atoms with Gasteiger partial charge in [0, 0.05) is 42.0 Å². The Morgan fingerprint density at radius 1 is 0.230 bits per heavy atom. The fraction of sp³-hybridized carbons (Fsp3) is 0.326. The minimum absolute atomic E-state index is 0.0293. The third-order valence-corrected chi connectivity index (χ3v) is 20.3. The van der Waals surface area contributed by atoms with Crippen molar-refractivity contribution >= 4 is 0 Å². The summed E-state index contributed by atoms with van der Waals surface area (Å²) >= 11 is 0. The summed E-state index contributed by atoms with van der Waals surface area (Å²) in [5, 5.41) is 0. The molecule has 0 aliphatic heterocycles. The Hall–Kier alpha value is -9.16. The molecule has 0 spiro atoms. The maximum atomic E-state index is 6.32. The van der Waals surface area contributed by atoms with Gasteiger partial charge in [0.05, 0.1) is 24.0 Å². The summed E-state index contributed by atoms with van der Waals surface area (Å²) in [7, 11) is 0.